The average Bonchev–Trinajstić information content (AvgIpc) is 3.22. The maximum atomic E-state index is 12.0. The van der Waals surface area contributed by atoms with Gasteiger partial charge < -0.3 is 29.3 Å². The first-order chi connectivity index (χ1) is 17.6. The Bertz CT molecular complexity index is 1060. The molecule has 1 aliphatic carbocycles. The highest BCUT2D eigenvalue weighted by atomic mass is 16.6. The second kappa shape index (κ2) is 12.6. The number of amides is 1. The molecule has 5 atom stereocenters. The summed E-state index contributed by atoms with van der Waals surface area (Å²) < 4.78 is 19.1. The molecule has 0 saturated heterocycles. The molecule has 0 spiro atoms. The Morgan fingerprint density at radius 2 is 1.08 bits per heavy atom. The topological polar surface area (TPSA) is 88.5 Å². The molecule has 3 aromatic carbocycles. The number of nitrogens with zero attached hydrogens (tertiary/aromatic N) is 1. The van der Waals surface area contributed by atoms with Crippen LogP contribution in [-0.4, -0.2) is 59.2 Å². The molecular formula is C29H33NO6. The summed E-state index contributed by atoms with van der Waals surface area (Å²) in [5.74, 6) is -0.531. The van der Waals surface area contributed by atoms with Crippen molar-refractivity contribution in [1.29, 1.82) is 0 Å². The van der Waals surface area contributed by atoms with Crippen LogP contribution >= 0.6 is 0 Å². The van der Waals surface area contributed by atoms with Crippen LogP contribution in [0.5, 0.6) is 0 Å². The van der Waals surface area contributed by atoms with Crippen LogP contribution in [-0.2, 0) is 34.0 Å². The number of hydrogen-bond donors (Lipinski definition) is 2. The van der Waals surface area contributed by atoms with Gasteiger partial charge in [-0.25, -0.2) is 4.79 Å². The number of benzene rings is 3. The zero-order chi connectivity index (χ0) is 25.3. The number of carbonyl (C=O) groups is 1. The summed E-state index contributed by atoms with van der Waals surface area (Å²) in [7, 11) is 1.50. The molecule has 0 radical (unpaired) electrons. The molecule has 1 amide bonds. The molecule has 1 saturated carbocycles. The highest BCUT2D eigenvalue weighted by molar-refractivity contribution is 5.65. The molecule has 7 nitrogen and oxygen atoms in total. The largest absolute Gasteiger partial charge is 0.465 e. The maximum absolute atomic E-state index is 12.0. The van der Waals surface area contributed by atoms with Gasteiger partial charge >= 0.3 is 6.09 Å². The van der Waals surface area contributed by atoms with Crippen LogP contribution in [0.3, 0.4) is 0 Å². The van der Waals surface area contributed by atoms with Crippen LogP contribution in [0.15, 0.2) is 91.0 Å². The number of hydrogen-bond acceptors (Lipinski definition) is 5. The zero-order valence-electron chi connectivity index (χ0n) is 20.4. The van der Waals surface area contributed by atoms with Gasteiger partial charge in [0.2, 0.25) is 0 Å². The Labute approximate surface area is 211 Å². The predicted molar refractivity (Wildman–Crippen MR) is 135 cm³/mol. The highest BCUT2D eigenvalue weighted by Gasteiger charge is 2.55. The van der Waals surface area contributed by atoms with Gasteiger partial charge in [0.1, 0.15) is 12.2 Å². The standard InChI is InChI=1S/C29H33NO6/c1-30(29(32)33)25-24(17-31)26(34-18-21-11-5-2-6-12-21)28(36-20-23-15-9-4-10-16-23)27(25)35-19-22-13-7-3-8-14-22/h2-16,24-28,31H,17-20H2,1H3,(H,32,33)/t24-,25+,26-,27-,28+/m0/s1. The van der Waals surface area contributed by atoms with Gasteiger partial charge in [0.25, 0.3) is 0 Å². The van der Waals surface area contributed by atoms with E-state index in [9.17, 15) is 15.0 Å². The van der Waals surface area contributed by atoms with Crippen molar-refractivity contribution in [3.8, 4) is 0 Å². The van der Waals surface area contributed by atoms with E-state index in [0.29, 0.717) is 13.2 Å². The van der Waals surface area contributed by atoms with Crippen molar-refractivity contribution in [1.82, 2.24) is 4.90 Å². The minimum atomic E-state index is -1.10. The number of aliphatic hydroxyl groups is 1. The highest BCUT2D eigenvalue weighted by Crippen LogP contribution is 2.38. The number of carboxylic acid groups (broad SMARTS) is 1. The molecule has 190 valence electrons. The molecule has 1 fully saturated rings. The van der Waals surface area contributed by atoms with E-state index in [0.717, 1.165) is 16.7 Å². The van der Waals surface area contributed by atoms with E-state index >= 15 is 0 Å². The third-order valence-corrected chi connectivity index (χ3v) is 6.66. The molecule has 36 heavy (non-hydrogen) atoms. The molecule has 7 heteroatoms. The molecule has 0 unspecified atom stereocenters. The van der Waals surface area contributed by atoms with Gasteiger partial charge in [0.05, 0.1) is 38.6 Å². The van der Waals surface area contributed by atoms with Crippen LogP contribution in [0.1, 0.15) is 16.7 Å². The van der Waals surface area contributed by atoms with E-state index in [-0.39, 0.29) is 13.2 Å². The lowest BCUT2D eigenvalue weighted by atomic mass is 10.0. The maximum Gasteiger partial charge on any atom is 0.407 e. The molecule has 0 aromatic heterocycles. The van der Waals surface area contributed by atoms with Gasteiger partial charge in [-0.2, -0.15) is 0 Å². The Hall–Kier alpha value is -3.23. The van der Waals surface area contributed by atoms with Crippen molar-refractivity contribution in [3.63, 3.8) is 0 Å². The summed E-state index contributed by atoms with van der Waals surface area (Å²) in [4.78, 5) is 13.3. The van der Waals surface area contributed by atoms with Gasteiger partial charge in [-0.3, -0.25) is 0 Å². The summed E-state index contributed by atoms with van der Waals surface area (Å²) in [6.07, 6.45) is -2.92. The normalized spacial score (nSPS) is 23.4. The van der Waals surface area contributed by atoms with Gasteiger partial charge in [-0.05, 0) is 16.7 Å². The Balaban J connectivity index is 1.63. The van der Waals surface area contributed by atoms with E-state index < -0.39 is 36.4 Å². The lowest BCUT2D eigenvalue weighted by Crippen LogP contribution is -2.48. The molecule has 1 aliphatic rings. The van der Waals surface area contributed by atoms with Crippen molar-refractivity contribution in [2.45, 2.75) is 44.2 Å². The molecule has 0 heterocycles. The smallest absolute Gasteiger partial charge is 0.407 e. The van der Waals surface area contributed by atoms with Gasteiger partial charge in [-0.15, -0.1) is 0 Å². The van der Waals surface area contributed by atoms with Crippen molar-refractivity contribution in [2.75, 3.05) is 13.7 Å². The quantitative estimate of drug-likeness (QED) is 0.415. The first-order valence-electron chi connectivity index (χ1n) is 12.1. The minimum Gasteiger partial charge on any atom is -0.465 e. The van der Waals surface area contributed by atoms with Crippen LogP contribution in [0.4, 0.5) is 4.79 Å². The van der Waals surface area contributed by atoms with Gasteiger partial charge in [0, 0.05) is 13.0 Å². The predicted octanol–water partition coefficient (Wildman–Crippen LogP) is 4.34. The van der Waals surface area contributed by atoms with Crippen molar-refractivity contribution >= 4 is 6.09 Å². The second-order valence-corrected chi connectivity index (χ2v) is 9.01. The van der Waals surface area contributed by atoms with E-state index in [4.69, 9.17) is 14.2 Å². The van der Waals surface area contributed by atoms with E-state index in [1.165, 1.54) is 11.9 Å². The summed E-state index contributed by atoms with van der Waals surface area (Å²) >= 11 is 0. The molecule has 4 rings (SSSR count). The average molecular weight is 492 g/mol. The van der Waals surface area contributed by atoms with Crippen molar-refractivity contribution in [3.05, 3.63) is 108 Å². The third kappa shape index (κ3) is 6.30. The van der Waals surface area contributed by atoms with Crippen molar-refractivity contribution in [2.24, 2.45) is 5.92 Å². The van der Waals surface area contributed by atoms with E-state index in [1.54, 1.807) is 0 Å². The van der Waals surface area contributed by atoms with Crippen molar-refractivity contribution < 1.29 is 29.2 Å². The first-order valence-corrected chi connectivity index (χ1v) is 12.1. The zero-order valence-corrected chi connectivity index (χ0v) is 20.4. The molecular weight excluding hydrogens is 458 g/mol. The van der Waals surface area contributed by atoms with Gasteiger partial charge in [0.15, 0.2) is 0 Å². The summed E-state index contributed by atoms with van der Waals surface area (Å²) in [5.41, 5.74) is 2.93. The second-order valence-electron chi connectivity index (χ2n) is 9.01. The number of likely N-dealkylation sites (N-methyl/N-ethyl adjacent to an activating group) is 1. The lowest BCUT2D eigenvalue weighted by Gasteiger charge is -2.32. The van der Waals surface area contributed by atoms with Gasteiger partial charge in [-0.1, -0.05) is 91.0 Å². The van der Waals surface area contributed by atoms with Crippen LogP contribution in [0.25, 0.3) is 0 Å². The Morgan fingerprint density at radius 3 is 1.47 bits per heavy atom. The fourth-order valence-electron chi connectivity index (χ4n) is 4.81. The van der Waals surface area contributed by atoms with E-state index in [2.05, 4.69) is 0 Å². The summed E-state index contributed by atoms with van der Waals surface area (Å²) in [5, 5.41) is 20.3. The molecule has 0 aliphatic heterocycles. The van der Waals surface area contributed by atoms with Crippen LogP contribution in [0, 0.1) is 5.92 Å². The summed E-state index contributed by atoms with van der Waals surface area (Å²) in [6.45, 7) is 0.633. The lowest BCUT2D eigenvalue weighted by molar-refractivity contribution is -0.131. The molecule has 0 bridgehead atoms. The summed E-state index contributed by atoms with van der Waals surface area (Å²) in [6, 6.07) is 28.6. The monoisotopic (exact) mass is 491 g/mol. The fourth-order valence-corrected chi connectivity index (χ4v) is 4.81. The molecule has 3 aromatic rings. The Kier molecular flexibility index (Phi) is 9.08. The minimum absolute atomic E-state index is 0.266. The first kappa shape index (κ1) is 25.9. The third-order valence-electron chi connectivity index (χ3n) is 6.66. The number of ether oxygens (including phenoxy) is 3. The SMILES string of the molecule is CN(C(=O)O)[C@@H]1[C@H](CO)[C@H](OCc2ccccc2)[C@@H](OCc2ccccc2)[C@H]1OCc1ccccc1. The number of rotatable bonds is 11. The van der Waals surface area contributed by atoms with Crippen LogP contribution < -0.4 is 0 Å². The Morgan fingerprint density at radius 1 is 0.694 bits per heavy atom. The van der Waals surface area contributed by atoms with E-state index in [1.807, 2.05) is 91.0 Å². The number of aliphatic hydroxyl groups excluding tert-OH is 1. The van der Waals surface area contributed by atoms with Crippen LogP contribution in [0.2, 0.25) is 0 Å². The molecule has 2 N–H and O–H groups in total. The fraction of sp³-hybridized carbons (Fsp3) is 0.345.